The fourth-order valence-corrected chi connectivity index (χ4v) is 1.60. The molecule has 0 saturated heterocycles. The molecule has 0 bridgehead atoms. The van der Waals surface area contributed by atoms with Crippen LogP contribution in [-0.2, 0) is 0 Å². The van der Waals surface area contributed by atoms with Crippen LogP contribution >= 0.6 is 11.6 Å². The summed E-state index contributed by atoms with van der Waals surface area (Å²) in [6, 6.07) is 9.24. The average molecular weight is 217 g/mol. The van der Waals surface area contributed by atoms with Crippen LogP contribution in [0, 0.1) is 19.3 Å². The zero-order valence-corrected chi connectivity index (χ0v) is 9.01. The predicted molar refractivity (Wildman–Crippen MR) is 61.8 cm³/mol. The molecule has 0 spiro atoms. The second-order valence-corrected chi connectivity index (χ2v) is 3.68. The van der Waals surface area contributed by atoms with Crippen molar-refractivity contribution in [2.75, 3.05) is 0 Å². The van der Waals surface area contributed by atoms with Gasteiger partial charge in [-0.05, 0) is 37.3 Å². The molecule has 0 aliphatic rings. The molecule has 0 radical (unpaired) electrons. The van der Waals surface area contributed by atoms with Gasteiger partial charge in [-0.2, -0.15) is 0 Å². The third-order valence-electron chi connectivity index (χ3n) is 2.14. The molecule has 2 heteroatoms. The van der Waals surface area contributed by atoms with E-state index in [9.17, 15) is 0 Å². The summed E-state index contributed by atoms with van der Waals surface area (Å²) in [6.45, 7) is 1.90. The molecule has 0 aliphatic carbocycles. The highest BCUT2D eigenvalue weighted by Crippen LogP contribution is 2.27. The summed E-state index contributed by atoms with van der Waals surface area (Å²) >= 11 is 5.86. The molecule has 0 amide bonds. The van der Waals surface area contributed by atoms with Gasteiger partial charge in [0.15, 0.2) is 0 Å². The van der Waals surface area contributed by atoms with E-state index in [1.807, 2.05) is 25.1 Å². The molecule has 74 valence electrons. The molecule has 0 atom stereocenters. The first-order chi connectivity index (χ1) is 7.20. The van der Waals surface area contributed by atoms with Crippen LogP contribution in [0.4, 0.5) is 0 Å². The van der Waals surface area contributed by atoms with Gasteiger partial charge in [0.2, 0.25) is 0 Å². The van der Waals surface area contributed by atoms with Crippen molar-refractivity contribution in [1.29, 1.82) is 0 Å². The molecule has 0 saturated carbocycles. The lowest BCUT2D eigenvalue weighted by atomic mass is 10.1. The molecule has 0 aliphatic heterocycles. The summed E-state index contributed by atoms with van der Waals surface area (Å²) in [5.74, 6) is 4.24. The van der Waals surface area contributed by atoms with E-state index in [2.05, 4.69) is 5.92 Å². The summed E-state index contributed by atoms with van der Waals surface area (Å²) in [5.41, 5.74) is 1.65. The highest BCUT2D eigenvalue weighted by molar-refractivity contribution is 6.30. The maximum absolute atomic E-state index is 5.86. The van der Waals surface area contributed by atoms with E-state index in [-0.39, 0.29) is 0 Å². The molecule has 0 unspecified atom stereocenters. The molecule has 2 aromatic rings. The Hall–Kier alpha value is -1.65. The van der Waals surface area contributed by atoms with Crippen LogP contribution in [0.1, 0.15) is 11.3 Å². The van der Waals surface area contributed by atoms with Crippen molar-refractivity contribution < 1.29 is 4.42 Å². The monoisotopic (exact) mass is 216 g/mol. The van der Waals surface area contributed by atoms with E-state index >= 15 is 0 Å². The Morgan fingerprint density at radius 2 is 2.07 bits per heavy atom. The van der Waals surface area contributed by atoms with Gasteiger partial charge >= 0.3 is 0 Å². The summed E-state index contributed by atoms with van der Waals surface area (Å²) in [5, 5.41) is 0.634. The topological polar surface area (TPSA) is 13.1 Å². The van der Waals surface area contributed by atoms with Crippen LogP contribution in [0.2, 0.25) is 5.02 Å². The zero-order valence-electron chi connectivity index (χ0n) is 8.25. The summed E-state index contributed by atoms with van der Waals surface area (Å²) in [4.78, 5) is 0. The number of benzene rings is 1. The number of aryl methyl sites for hydroxylation is 1. The summed E-state index contributed by atoms with van der Waals surface area (Å²) in [6.07, 6.45) is 5.41. The van der Waals surface area contributed by atoms with E-state index in [1.165, 1.54) is 0 Å². The van der Waals surface area contributed by atoms with Gasteiger partial charge in [-0.25, -0.2) is 0 Å². The van der Waals surface area contributed by atoms with Crippen LogP contribution in [-0.4, -0.2) is 0 Å². The lowest BCUT2D eigenvalue weighted by molar-refractivity contribution is 0.548. The molecular weight excluding hydrogens is 208 g/mol. The first kappa shape index (κ1) is 9.89. The number of terminal acetylenes is 1. The van der Waals surface area contributed by atoms with Crippen molar-refractivity contribution >= 4 is 11.6 Å². The number of hydrogen-bond donors (Lipinski definition) is 0. The highest BCUT2D eigenvalue weighted by atomic mass is 35.5. The molecule has 1 heterocycles. The van der Waals surface area contributed by atoms with Gasteiger partial charge in [-0.3, -0.25) is 0 Å². The molecule has 1 aromatic carbocycles. The lowest BCUT2D eigenvalue weighted by Crippen LogP contribution is -1.81. The Morgan fingerprint density at radius 3 is 2.67 bits per heavy atom. The highest BCUT2D eigenvalue weighted by Gasteiger charge is 2.07. The van der Waals surface area contributed by atoms with E-state index in [1.54, 1.807) is 12.1 Å². The third kappa shape index (κ3) is 1.91. The minimum atomic E-state index is 0.634. The Kier molecular flexibility index (Phi) is 2.53. The minimum Gasteiger partial charge on any atom is -0.461 e. The number of rotatable bonds is 1. The van der Waals surface area contributed by atoms with Crippen LogP contribution in [0.3, 0.4) is 0 Å². The Balaban J connectivity index is 2.58. The zero-order chi connectivity index (χ0) is 10.8. The van der Waals surface area contributed by atoms with Gasteiger partial charge in [0.1, 0.15) is 11.5 Å². The van der Waals surface area contributed by atoms with Crippen molar-refractivity contribution in [1.82, 2.24) is 0 Å². The normalized spacial score (nSPS) is 9.93. The predicted octanol–water partition coefficient (Wildman–Crippen LogP) is 3.89. The largest absolute Gasteiger partial charge is 0.461 e. The second-order valence-electron chi connectivity index (χ2n) is 3.24. The number of halogens is 1. The molecular formula is C13H9ClO. The molecule has 0 fully saturated rings. The SMILES string of the molecule is C#Cc1cc(Cl)ccc1-c1ccc(C)o1. The quantitative estimate of drug-likeness (QED) is 0.660. The molecule has 1 aromatic heterocycles. The second kappa shape index (κ2) is 3.84. The molecule has 15 heavy (non-hydrogen) atoms. The maximum Gasteiger partial charge on any atom is 0.135 e. The van der Waals surface area contributed by atoms with Gasteiger partial charge in [0, 0.05) is 16.1 Å². The third-order valence-corrected chi connectivity index (χ3v) is 2.38. The summed E-state index contributed by atoms with van der Waals surface area (Å²) in [7, 11) is 0. The molecule has 1 nitrogen and oxygen atoms in total. The minimum absolute atomic E-state index is 0.634. The standard InChI is InChI=1S/C13H9ClO/c1-3-10-8-11(14)5-6-12(10)13-7-4-9(2)15-13/h1,4-8H,2H3. The number of hydrogen-bond acceptors (Lipinski definition) is 1. The van der Waals surface area contributed by atoms with Crippen LogP contribution < -0.4 is 0 Å². The van der Waals surface area contributed by atoms with Gasteiger partial charge in [-0.1, -0.05) is 17.5 Å². The van der Waals surface area contributed by atoms with Crippen LogP contribution in [0.15, 0.2) is 34.7 Å². The van der Waals surface area contributed by atoms with Gasteiger partial charge < -0.3 is 4.42 Å². The fourth-order valence-electron chi connectivity index (χ4n) is 1.43. The van der Waals surface area contributed by atoms with E-state index in [0.717, 1.165) is 22.6 Å². The smallest absolute Gasteiger partial charge is 0.135 e. The first-order valence-electron chi connectivity index (χ1n) is 4.53. The average Bonchev–Trinajstić information content (AvgIpc) is 2.64. The van der Waals surface area contributed by atoms with E-state index < -0.39 is 0 Å². The van der Waals surface area contributed by atoms with Crippen molar-refractivity contribution in [3.8, 4) is 23.7 Å². The van der Waals surface area contributed by atoms with Gasteiger partial charge in [0.25, 0.3) is 0 Å². The van der Waals surface area contributed by atoms with E-state index in [0.29, 0.717) is 5.02 Å². The molecule has 0 N–H and O–H groups in total. The van der Waals surface area contributed by atoms with Crippen LogP contribution in [0.25, 0.3) is 11.3 Å². The van der Waals surface area contributed by atoms with Crippen molar-refractivity contribution in [2.45, 2.75) is 6.92 Å². The Morgan fingerprint density at radius 1 is 1.27 bits per heavy atom. The van der Waals surface area contributed by atoms with Gasteiger partial charge in [0.05, 0.1) is 0 Å². The Labute approximate surface area is 93.7 Å². The molecule has 2 rings (SSSR count). The number of furan rings is 1. The summed E-state index contributed by atoms with van der Waals surface area (Å²) < 4.78 is 5.51. The Bertz CT molecular complexity index is 532. The first-order valence-corrected chi connectivity index (χ1v) is 4.91. The van der Waals surface area contributed by atoms with Crippen LogP contribution in [0.5, 0.6) is 0 Å². The lowest BCUT2D eigenvalue weighted by Gasteiger charge is -2.01. The fraction of sp³-hybridized carbons (Fsp3) is 0.0769. The van der Waals surface area contributed by atoms with Gasteiger partial charge in [-0.15, -0.1) is 6.42 Å². The van der Waals surface area contributed by atoms with Crippen molar-refractivity contribution in [3.63, 3.8) is 0 Å². The van der Waals surface area contributed by atoms with Crippen molar-refractivity contribution in [3.05, 3.63) is 46.7 Å². The van der Waals surface area contributed by atoms with Crippen molar-refractivity contribution in [2.24, 2.45) is 0 Å². The van der Waals surface area contributed by atoms with E-state index in [4.69, 9.17) is 22.4 Å². The maximum atomic E-state index is 5.86.